The summed E-state index contributed by atoms with van der Waals surface area (Å²) in [4.78, 5) is 22.4. The molecule has 2 aromatic heterocycles. The quantitative estimate of drug-likeness (QED) is 0.544. The van der Waals surface area contributed by atoms with Crippen LogP contribution < -0.4 is 10.6 Å². The van der Waals surface area contributed by atoms with E-state index in [4.69, 9.17) is 11.6 Å². The van der Waals surface area contributed by atoms with Gasteiger partial charge in [-0.2, -0.15) is 0 Å². The number of rotatable bonds is 3. The van der Waals surface area contributed by atoms with Crippen LogP contribution >= 0.6 is 11.6 Å². The van der Waals surface area contributed by atoms with E-state index in [9.17, 15) is 4.79 Å². The third kappa shape index (κ3) is 2.79. The molecule has 1 aliphatic heterocycles. The zero-order valence-electron chi connectivity index (χ0n) is 14.8. The van der Waals surface area contributed by atoms with Crippen molar-refractivity contribution in [2.45, 2.75) is 19.4 Å². The van der Waals surface area contributed by atoms with E-state index in [1.165, 1.54) is 18.5 Å². The predicted molar refractivity (Wildman–Crippen MR) is 110 cm³/mol. The highest BCUT2D eigenvalue weighted by atomic mass is 35.5. The Morgan fingerprint density at radius 1 is 1.07 bits per heavy atom. The summed E-state index contributed by atoms with van der Waals surface area (Å²) in [6, 6.07) is 16.2. The Kier molecular flexibility index (Phi) is 3.90. The van der Waals surface area contributed by atoms with Crippen LogP contribution in [0.3, 0.4) is 0 Å². The summed E-state index contributed by atoms with van der Waals surface area (Å²) in [7, 11) is 0. The minimum atomic E-state index is -0.170. The summed E-state index contributed by atoms with van der Waals surface area (Å²) in [5.74, 6) is 0. The van der Waals surface area contributed by atoms with E-state index in [1.807, 2.05) is 24.3 Å². The molecule has 0 aliphatic carbocycles. The summed E-state index contributed by atoms with van der Waals surface area (Å²) in [6.07, 6.45) is 2.48. The van der Waals surface area contributed by atoms with E-state index in [1.54, 1.807) is 4.57 Å². The molecule has 3 heterocycles. The van der Waals surface area contributed by atoms with Crippen molar-refractivity contribution in [2.24, 2.45) is 0 Å². The van der Waals surface area contributed by atoms with Gasteiger partial charge < -0.3 is 9.88 Å². The van der Waals surface area contributed by atoms with Crippen molar-refractivity contribution in [1.29, 1.82) is 0 Å². The Morgan fingerprint density at radius 3 is 2.74 bits per heavy atom. The maximum absolute atomic E-state index is 12.7. The van der Waals surface area contributed by atoms with Crippen molar-refractivity contribution in [3.63, 3.8) is 0 Å². The number of halogens is 1. The number of nitrogens with one attached hydrogen (secondary N) is 1. The van der Waals surface area contributed by atoms with Crippen molar-refractivity contribution in [1.82, 2.24) is 14.5 Å². The minimum Gasteiger partial charge on any atom is -0.372 e. The van der Waals surface area contributed by atoms with Gasteiger partial charge in [-0.05, 0) is 36.6 Å². The molecule has 5 rings (SSSR count). The van der Waals surface area contributed by atoms with Crippen molar-refractivity contribution < 1.29 is 0 Å². The van der Waals surface area contributed by atoms with Crippen LogP contribution in [0.1, 0.15) is 18.4 Å². The van der Waals surface area contributed by atoms with Crippen LogP contribution in [0.4, 0.5) is 5.69 Å². The standard InChI is InChI=1S/C21H19ClN4O/c22-20-18-19(16-8-1-2-9-17(16)23-20)26(21(27)24-18)13-14-6-5-7-15(12-14)25-10-3-4-11-25/h1-2,5-9,12H,3-4,10-11,13H2,(H,24,27). The first kappa shape index (κ1) is 16.4. The number of para-hydroxylation sites is 1. The highest BCUT2D eigenvalue weighted by molar-refractivity contribution is 6.35. The third-order valence-electron chi connectivity index (χ3n) is 5.29. The van der Waals surface area contributed by atoms with Gasteiger partial charge in [0.25, 0.3) is 0 Å². The van der Waals surface area contributed by atoms with Gasteiger partial charge in [0.05, 0.1) is 17.6 Å². The summed E-state index contributed by atoms with van der Waals surface area (Å²) in [5.41, 5.74) is 4.34. The van der Waals surface area contributed by atoms with Gasteiger partial charge in [-0.1, -0.05) is 41.9 Å². The lowest BCUT2D eigenvalue weighted by atomic mass is 10.1. The van der Waals surface area contributed by atoms with E-state index in [0.717, 1.165) is 35.1 Å². The van der Waals surface area contributed by atoms with Crippen LogP contribution in [0.5, 0.6) is 0 Å². The normalized spacial score (nSPS) is 14.5. The van der Waals surface area contributed by atoms with Gasteiger partial charge in [-0.3, -0.25) is 4.57 Å². The van der Waals surface area contributed by atoms with Gasteiger partial charge in [-0.15, -0.1) is 0 Å². The second-order valence-corrected chi connectivity index (χ2v) is 7.38. The summed E-state index contributed by atoms with van der Waals surface area (Å²) in [6.45, 7) is 2.69. The number of pyridine rings is 1. The minimum absolute atomic E-state index is 0.170. The molecule has 0 unspecified atom stereocenters. The number of hydrogen-bond acceptors (Lipinski definition) is 3. The lowest BCUT2D eigenvalue weighted by Crippen LogP contribution is -2.19. The SMILES string of the molecule is O=c1[nH]c2c(Cl)nc3ccccc3c2n1Cc1cccc(N2CCCC2)c1. The number of hydrogen-bond donors (Lipinski definition) is 1. The van der Waals surface area contributed by atoms with Crippen LogP contribution in [0.2, 0.25) is 5.15 Å². The highest BCUT2D eigenvalue weighted by Crippen LogP contribution is 2.28. The van der Waals surface area contributed by atoms with Gasteiger partial charge in [0.2, 0.25) is 0 Å². The molecule has 5 nitrogen and oxygen atoms in total. The summed E-state index contributed by atoms with van der Waals surface area (Å²) in [5, 5.41) is 1.25. The molecule has 6 heteroatoms. The number of fused-ring (bicyclic) bond motifs is 3. The van der Waals surface area contributed by atoms with E-state index in [2.05, 4.69) is 39.1 Å². The zero-order chi connectivity index (χ0) is 18.4. The Labute approximate surface area is 161 Å². The first-order valence-corrected chi connectivity index (χ1v) is 9.59. The summed E-state index contributed by atoms with van der Waals surface area (Å²) < 4.78 is 1.76. The Bertz CT molecular complexity index is 1200. The van der Waals surface area contributed by atoms with E-state index < -0.39 is 0 Å². The van der Waals surface area contributed by atoms with Gasteiger partial charge in [-0.25, -0.2) is 9.78 Å². The van der Waals surface area contributed by atoms with Crippen molar-refractivity contribution >= 4 is 39.2 Å². The Balaban J connectivity index is 1.64. The molecule has 0 atom stereocenters. The predicted octanol–water partition coefficient (Wildman–Crippen LogP) is 4.18. The number of anilines is 1. The molecule has 0 amide bonds. The number of H-pyrrole nitrogens is 1. The average molecular weight is 379 g/mol. The third-order valence-corrected chi connectivity index (χ3v) is 5.56. The van der Waals surface area contributed by atoms with Gasteiger partial charge in [0.1, 0.15) is 5.52 Å². The lowest BCUT2D eigenvalue weighted by Gasteiger charge is -2.18. The first-order valence-electron chi connectivity index (χ1n) is 9.21. The molecule has 0 bridgehead atoms. The fourth-order valence-corrected chi connectivity index (χ4v) is 4.22. The molecule has 2 aromatic carbocycles. The molecule has 27 heavy (non-hydrogen) atoms. The number of nitrogens with zero attached hydrogens (tertiary/aromatic N) is 3. The maximum Gasteiger partial charge on any atom is 0.326 e. The molecule has 136 valence electrons. The molecule has 1 N–H and O–H groups in total. The Hall–Kier alpha value is -2.79. The molecule has 0 saturated carbocycles. The molecule has 1 saturated heterocycles. The number of imidazole rings is 1. The van der Waals surface area contributed by atoms with E-state index in [0.29, 0.717) is 17.2 Å². The molecule has 1 fully saturated rings. The van der Waals surface area contributed by atoms with Crippen molar-refractivity contribution in [2.75, 3.05) is 18.0 Å². The fraction of sp³-hybridized carbons (Fsp3) is 0.238. The van der Waals surface area contributed by atoms with Crippen LogP contribution in [0.25, 0.3) is 21.9 Å². The number of benzene rings is 2. The molecular formula is C21H19ClN4O. The van der Waals surface area contributed by atoms with Crippen LogP contribution in [-0.2, 0) is 6.54 Å². The molecular weight excluding hydrogens is 360 g/mol. The molecule has 0 radical (unpaired) electrons. The van der Waals surface area contributed by atoms with Gasteiger partial charge in [0, 0.05) is 24.2 Å². The summed E-state index contributed by atoms with van der Waals surface area (Å²) >= 11 is 6.33. The molecule has 4 aromatic rings. The number of aromatic nitrogens is 3. The zero-order valence-corrected chi connectivity index (χ0v) is 15.5. The monoisotopic (exact) mass is 378 g/mol. The second-order valence-electron chi connectivity index (χ2n) is 7.02. The highest BCUT2D eigenvalue weighted by Gasteiger charge is 2.16. The molecule has 1 aliphatic rings. The van der Waals surface area contributed by atoms with E-state index >= 15 is 0 Å². The second kappa shape index (κ2) is 6.43. The largest absolute Gasteiger partial charge is 0.372 e. The topological polar surface area (TPSA) is 53.9 Å². The lowest BCUT2D eigenvalue weighted by molar-refractivity contribution is 0.788. The van der Waals surface area contributed by atoms with Crippen molar-refractivity contribution in [3.05, 3.63) is 69.7 Å². The average Bonchev–Trinajstić information content (AvgIpc) is 3.32. The fourth-order valence-electron chi connectivity index (χ4n) is 3.99. The first-order chi connectivity index (χ1) is 13.2. The molecule has 0 spiro atoms. The van der Waals surface area contributed by atoms with Crippen molar-refractivity contribution in [3.8, 4) is 0 Å². The van der Waals surface area contributed by atoms with Gasteiger partial charge in [0.15, 0.2) is 5.15 Å². The van der Waals surface area contributed by atoms with Gasteiger partial charge >= 0.3 is 5.69 Å². The van der Waals surface area contributed by atoms with Crippen LogP contribution in [-0.4, -0.2) is 27.6 Å². The number of aromatic amines is 1. The maximum atomic E-state index is 12.7. The smallest absolute Gasteiger partial charge is 0.326 e. The van der Waals surface area contributed by atoms with E-state index in [-0.39, 0.29) is 5.69 Å². The van der Waals surface area contributed by atoms with Crippen LogP contribution in [0.15, 0.2) is 53.3 Å². The van der Waals surface area contributed by atoms with Crippen LogP contribution in [0, 0.1) is 0 Å². The Morgan fingerprint density at radius 2 is 1.89 bits per heavy atom.